The van der Waals surface area contributed by atoms with E-state index in [1.807, 2.05) is 12.1 Å². The minimum Gasteiger partial charge on any atom is -0.497 e. The van der Waals surface area contributed by atoms with Gasteiger partial charge >= 0.3 is 0 Å². The number of aromatic amines is 1. The van der Waals surface area contributed by atoms with Gasteiger partial charge in [0.25, 0.3) is 5.56 Å². The predicted molar refractivity (Wildman–Crippen MR) is 76.5 cm³/mol. The SMILES string of the molecule is COc1cc(Br)cc(Nc2nc[nH]c(=O)c2Br)c1. The predicted octanol–water partition coefficient (Wildman–Crippen LogP) is 3.05. The van der Waals surface area contributed by atoms with Crippen LogP contribution >= 0.6 is 31.9 Å². The maximum Gasteiger partial charge on any atom is 0.267 e. The summed E-state index contributed by atoms with van der Waals surface area (Å²) in [7, 11) is 1.59. The minimum absolute atomic E-state index is 0.241. The third-order valence-electron chi connectivity index (χ3n) is 2.17. The molecule has 0 atom stereocenters. The molecule has 0 unspecified atom stereocenters. The van der Waals surface area contributed by atoms with E-state index in [1.54, 1.807) is 13.2 Å². The first-order valence-electron chi connectivity index (χ1n) is 4.95. The Morgan fingerprint density at radius 2 is 2.11 bits per heavy atom. The molecule has 0 fully saturated rings. The van der Waals surface area contributed by atoms with Gasteiger partial charge in [-0.05, 0) is 28.1 Å². The van der Waals surface area contributed by atoms with Crippen molar-refractivity contribution in [2.24, 2.45) is 0 Å². The lowest BCUT2D eigenvalue weighted by Gasteiger charge is -2.09. The van der Waals surface area contributed by atoms with Gasteiger partial charge in [0.05, 0.1) is 13.4 Å². The van der Waals surface area contributed by atoms with E-state index in [0.29, 0.717) is 16.0 Å². The second-order valence-electron chi connectivity index (χ2n) is 3.40. The van der Waals surface area contributed by atoms with E-state index in [9.17, 15) is 4.79 Å². The number of ether oxygens (including phenoxy) is 1. The second-order valence-corrected chi connectivity index (χ2v) is 5.11. The molecule has 0 saturated heterocycles. The highest BCUT2D eigenvalue weighted by atomic mass is 79.9. The molecule has 0 aliphatic carbocycles. The third kappa shape index (κ3) is 2.91. The maximum atomic E-state index is 11.4. The number of H-pyrrole nitrogens is 1. The topological polar surface area (TPSA) is 67.0 Å². The van der Waals surface area contributed by atoms with E-state index in [1.165, 1.54) is 6.33 Å². The number of anilines is 2. The first-order valence-corrected chi connectivity index (χ1v) is 6.53. The number of aromatic nitrogens is 2. The molecule has 0 spiro atoms. The van der Waals surface area contributed by atoms with E-state index in [0.717, 1.165) is 10.2 Å². The van der Waals surface area contributed by atoms with Crippen LogP contribution in [0.5, 0.6) is 5.75 Å². The number of methoxy groups -OCH3 is 1. The van der Waals surface area contributed by atoms with E-state index in [2.05, 4.69) is 47.1 Å². The highest BCUT2D eigenvalue weighted by molar-refractivity contribution is 9.10. The van der Waals surface area contributed by atoms with Crippen molar-refractivity contribution in [3.63, 3.8) is 0 Å². The monoisotopic (exact) mass is 373 g/mol. The highest BCUT2D eigenvalue weighted by Gasteiger charge is 2.06. The van der Waals surface area contributed by atoms with Crippen LogP contribution < -0.4 is 15.6 Å². The molecule has 2 rings (SSSR count). The number of hydrogen-bond acceptors (Lipinski definition) is 4. The van der Waals surface area contributed by atoms with Gasteiger partial charge in [0.2, 0.25) is 0 Å². The van der Waals surface area contributed by atoms with Crippen LogP contribution in [0.4, 0.5) is 11.5 Å². The fraction of sp³-hybridized carbons (Fsp3) is 0.0909. The molecule has 0 saturated carbocycles. The Morgan fingerprint density at radius 1 is 1.33 bits per heavy atom. The molecule has 7 heteroatoms. The standard InChI is InChI=1S/C11H9Br2N3O2/c1-18-8-3-6(12)2-7(4-8)16-10-9(13)11(17)15-5-14-10/h2-5H,1H3,(H2,14,15,16,17). The number of nitrogens with one attached hydrogen (secondary N) is 2. The van der Waals surface area contributed by atoms with Crippen molar-refractivity contribution in [2.45, 2.75) is 0 Å². The zero-order valence-electron chi connectivity index (χ0n) is 9.33. The molecule has 1 heterocycles. The van der Waals surface area contributed by atoms with Gasteiger partial charge in [-0.3, -0.25) is 4.79 Å². The Balaban J connectivity index is 2.37. The summed E-state index contributed by atoms with van der Waals surface area (Å²) in [4.78, 5) is 17.9. The first-order chi connectivity index (χ1) is 8.60. The van der Waals surface area contributed by atoms with Gasteiger partial charge in [-0.15, -0.1) is 0 Å². The van der Waals surface area contributed by atoms with Crippen LogP contribution in [0.15, 0.2) is 38.3 Å². The molecule has 1 aromatic heterocycles. The molecule has 18 heavy (non-hydrogen) atoms. The summed E-state index contributed by atoms with van der Waals surface area (Å²) >= 11 is 6.56. The van der Waals surface area contributed by atoms with Gasteiger partial charge in [-0.2, -0.15) is 0 Å². The van der Waals surface area contributed by atoms with Crippen molar-refractivity contribution in [1.29, 1.82) is 0 Å². The van der Waals surface area contributed by atoms with E-state index < -0.39 is 0 Å². The third-order valence-corrected chi connectivity index (χ3v) is 3.36. The molecule has 0 bridgehead atoms. The lowest BCUT2D eigenvalue weighted by molar-refractivity contribution is 0.415. The molecular formula is C11H9Br2N3O2. The Morgan fingerprint density at radius 3 is 2.83 bits per heavy atom. The van der Waals surface area contributed by atoms with Crippen LogP contribution in [0.3, 0.4) is 0 Å². The Kier molecular flexibility index (Phi) is 4.03. The maximum absolute atomic E-state index is 11.4. The van der Waals surface area contributed by atoms with Crippen LogP contribution in [-0.2, 0) is 0 Å². The van der Waals surface area contributed by atoms with Gasteiger partial charge in [0.15, 0.2) is 5.82 Å². The average molecular weight is 375 g/mol. The largest absolute Gasteiger partial charge is 0.497 e. The molecule has 2 aromatic rings. The van der Waals surface area contributed by atoms with Crippen molar-refractivity contribution >= 4 is 43.4 Å². The minimum atomic E-state index is -0.241. The zero-order valence-corrected chi connectivity index (χ0v) is 12.5. The number of nitrogens with zero attached hydrogens (tertiary/aromatic N) is 1. The van der Waals surface area contributed by atoms with Crippen molar-refractivity contribution in [3.8, 4) is 5.75 Å². The van der Waals surface area contributed by atoms with Gasteiger partial charge in [-0.25, -0.2) is 4.98 Å². The molecule has 5 nitrogen and oxygen atoms in total. The summed E-state index contributed by atoms with van der Waals surface area (Å²) in [6, 6.07) is 5.50. The van der Waals surface area contributed by atoms with Gasteiger partial charge in [0, 0.05) is 16.2 Å². The van der Waals surface area contributed by atoms with E-state index >= 15 is 0 Å². The van der Waals surface area contributed by atoms with Crippen molar-refractivity contribution in [3.05, 3.63) is 43.8 Å². The molecule has 0 aliphatic heterocycles. The fourth-order valence-electron chi connectivity index (χ4n) is 1.36. The van der Waals surface area contributed by atoms with Crippen LogP contribution in [0.2, 0.25) is 0 Å². The van der Waals surface area contributed by atoms with Crippen molar-refractivity contribution in [2.75, 3.05) is 12.4 Å². The summed E-state index contributed by atoms with van der Waals surface area (Å²) in [6.45, 7) is 0. The van der Waals surface area contributed by atoms with Gasteiger partial charge in [0.1, 0.15) is 10.2 Å². The summed E-state index contributed by atoms with van der Waals surface area (Å²) in [5, 5.41) is 3.04. The normalized spacial score (nSPS) is 10.2. The van der Waals surface area contributed by atoms with Crippen LogP contribution in [0.1, 0.15) is 0 Å². The molecule has 0 aliphatic rings. The lowest BCUT2D eigenvalue weighted by atomic mass is 10.3. The number of rotatable bonds is 3. The molecule has 2 N–H and O–H groups in total. The summed E-state index contributed by atoms with van der Waals surface area (Å²) in [6.07, 6.45) is 1.34. The molecular weight excluding hydrogens is 366 g/mol. The Labute approximate surface area is 120 Å². The summed E-state index contributed by atoms with van der Waals surface area (Å²) < 4.78 is 6.37. The molecule has 94 valence electrons. The highest BCUT2D eigenvalue weighted by Crippen LogP contribution is 2.27. The lowest BCUT2D eigenvalue weighted by Crippen LogP contribution is -2.10. The van der Waals surface area contributed by atoms with E-state index in [-0.39, 0.29) is 5.56 Å². The second kappa shape index (κ2) is 5.53. The van der Waals surface area contributed by atoms with Gasteiger partial charge < -0.3 is 15.0 Å². The fourth-order valence-corrected chi connectivity index (χ4v) is 2.15. The van der Waals surface area contributed by atoms with Crippen molar-refractivity contribution in [1.82, 2.24) is 9.97 Å². The van der Waals surface area contributed by atoms with E-state index in [4.69, 9.17) is 4.74 Å². The molecule has 0 radical (unpaired) electrons. The molecule has 1 aromatic carbocycles. The number of benzene rings is 1. The number of hydrogen-bond donors (Lipinski definition) is 2. The Bertz CT molecular complexity index is 628. The molecule has 0 amide bonds. The average Bonchev–Trinajstić information content (AvgIpc) is 2.34. The van der Waals surface area contributed by atoms with Crippen LogP contribution in [0.25, 0.3) is 0 Å². The van der Waals surface area contributed by atoms with Crippen LogP contribution in [0, 0.1) is 0 Å². The first kappa shape index (κ1) is 13.1. The van der Waals surface area contributed by atoms with Crippen molar-refractivity contribution < 1.29 is 4.74 Å². The quantitative estimate of drug-likeness (QED) is 0.866. The zero-order chi connectivity index (χ0) is 13.1. The van der Waals surface area contributed by atoms with Gasteiger partial charge in [-0.1, -0.05) is 15.9 Å². The van der Waals surface area contributed by atoms with Crippen LogP contribution in [-0.4, -0.2) is 17.1 Å². The summed E-state index contributed by atoms with van der Waals surface area (Å²) in [5.74, 6) is 1.15. The Hall–Kier alpha value is -1.34. The summed E-state index contributed by atoms with van der Waals surface area (Å²) in [5.41, 5.74) is 0.523. The smallest absolute Gasteiger partial charge is 0.267 e. The number of halogens is 2.